The quantitative estimate of drug-likeness (QED) is 0.615. The van der Waals surface area contributed by atoms with Crippen molar-refractivity contribution in [3.63, 3.8) is 0 Å². The van der Waals surface area contributed by atoms with E-state index in [4.69, 9.17) is 29.6 Å². The molecule has 0 fully saturated rings. The third kappa shape index (κ3) is 4.57. The third-order valence-corrected chi connectivity index (χ3v) is 2.59. The van der Waals surface area contributed by atoms with E-state index < -0.39 is 0 Å². The van der Waals surface area contributed by atoms with Gasteiger partial charge >= 0.3 is 0 Å². The molecule has 0 aliphatic heterocycles. The number of hydrogen-bond donors (Lipinski definition) is 1. The summed E-state index contributed by atoms with van der Waals surface area (Å²) < 4.78 is 0. The number of halogens is 2. The van der Waals surface area contributed by atoms with Gasteiger partial charge in [-0.3, -0.25) is 0 Å². The van der Waals surface area contributed by atoms with Crippen LogP contribution in [0.1, 0.15) is 18.4 Å². The largest absolute Gasteiger partial charge is 0.313 e. The molecule has 0 aliphatic rings. The summed E-state index contributed by atoms with van der Waals surface area (Å²) in [6.07, 6.45) is 6.94. The Bertz CT molecular complexity index is 355. The maximum Gasteiger partial charge on any atom is 0.0465 e. The highest BCUT2D eigenvalue weighted by molar-refractivity contribution is 6.35. The normalized spacial score (nSPS) is 9.93. The van der Waals surface area contributed by atoms with Crippen LogP contribution >= 0.6 is 23.2 Å². The van der Waals surface area contributed by atoms with Crippen LogP contribution in [0.4, 0.5) is 0 Å². The van der Waals surface area contributed by atoms with Gasteiger partial charge in [0, 0.05) is 23.0 Å². The van der Waals surface area contributed by atoms with Gasteiger partial charge in [-0.15, -0.1) is 12.3 Å². The van der Waals surface area contributed by atoms with Gasteiger partial charge in [-0.2, -0.15) is 0 Å². The molecule has 0 spiro atoms. The van der Waals surface area contributed by atoms with E-state index in [2.05, 4.69) is 11.2 Å². The summed E-state index contributed by atoms with van der Waals surface area (Å²) in [6, 6.07) is 5.52. The first kappa shape index (κ1) is 12.4. The van der Waals surface area contributed by atoms with E-state index in [1.54, 1.807) is 6.07 Å². The van der Waals surface area contributed by atoms with Crippen molar-refractivity contribution in [2.45, 2.75) is 19.4 Å². The molecule has 1 N–H and O–H groups in total. The fourth-order valence-electron chi connectivity index (χ4n) is 1.20. The summed E-state index contributed by atoms with van der Waals surface area (Å²) in [6.45, 7) is 1.66. The van der Waals surface area contributed by atoms with Gasteiger partial charge in [0.2, 0.25) is 0 Å². The number of unbranched alkanes of at least 4 members (excludes halogenated alkanes) is 1. The first-order chi connectivity index (χ1) is 7.24. The van der Waals surface area contributed by atoms with Gasteiger partial charge in [-0.05, 0) is 30.7 Å². The van der Waals surface area contributed by atoms with Gasteiger partial charge in [0.25, 0.3) is 0 Å². The zero-order valence-corrected chi connectivity index (χ0v) is 9.91. The molecule has 0 radical (unpaired) electrons. The van der Waals surface area contributed by atoms with E-state index >= 15 is 0 Å². The van der Waals surface area contributed by atoms with Crippen LogP contribution in [-0.4, -0.2) is 6.54 Å². The second-order valence-electron chi connectivity index (χ2n) is 3.22. The minimum Gasteiger partial charge on any atom is -0.313 e. The number of nitrogens with one attached hydrogen (secondary N) is 1. The van der Waals surface area contributed by atoms with Crippen molar-refractivity contribution in [1.29, 1.82) is 0 Å². The number of terminal acetylenes is 1. The number of benzene rings is 1. The maximum atomic E-state index is 6.01. The van der Waals surface area contributed by atoms with Gasteiger partial charge in [-0.25, -0.2) is 0 Å². The Kier molecular flexibility index (Phi) is 5.57. The summed E-state index contributed by atoms with van der Waals surface area (Å²) in [5.41, 5.74) is 1.06. The van der Waals surface area contributed by atoms with Crippen LogP contribution < -0.4 is 5.32 Å². The van der Waals surface area contributed by atoms with Crippen LogP contribution in [-0.2, 0) is 6.54 Å². The molecule has 3 heteroatoms. The SMILES string of the molecule is C#CCCCNCc1ccc(Cl)cc1Cl. The summed E-state index contributed by atoms with van der Waals surface area (Å²) in [5.74, 6) is 2.60. The molecule has 0 aliphatic carbocycles. The second-order valence-corrected chi connectivity index (χ2v) is 4.06. The molecule has 0 saturated carbocycles. The van der Waals surface area contributed by atoms with E-state index in [1.165, 1.54) is 0 Å². The molecule has 0 unspecified atom stereocenters. The molecule has 0 heterocycles. The lowest BCUT2D eigenvalue weighted by molar-refractivity contribution is 0.659. The van der Waals surface area contributed by atoms with E-state index in [0.29, 0.717) is 10.0 Å². The lowest BCUT2D eigenvalue weighted by Gasteiger charge is -2.06. The van der Waals surface area contributed by atoms with Crippen molar-refractivity contribution in [2.24, 2.45) is 0 Å². The van der Waals surface area contributed by atoms with E-state index in [-0.39, 0.29) is 0 Å². The molecule has 0 aromatic heterocycles. The smallest absolute Gasteiger partial charge is 0.0465 e. The minimum atomic E-state index is 0.663. The van der Waals surface area contributed by atoms with Crippen LogP contribution in [0.5, 0.6) is 0 Å². The van der Waals surface area contributed by atoms with Gasteiger partial charge in [0.05, 0.1) is 0 Å². The van der Waals surface area contributed by atoms with Crippen LogP contribution in [0.15, 0.2) is 18.2 Å². The molecule has 1 rings (SSSR count). The fraction of sp³-hybridized carbons (Fsp3) is 0.333. The van der Waals surface area contributed by atoms with Crippen molar-refractivity contribution in [3.8, 4) is 12.3 Å². The zero-order chi connectivity index (χ0) is 11.1. The zero-order valence-electron chi connectivity index (χ0n) is 8.39. The Balaban J connectivity index is 2.35. The Hall–Kier alpha value is -0.680. The third-order valence-electron chi connectivity index (χ3n) is 2.01. The number of hydrogen-bond acceptors (Lipinski definition) is 1. The Labute approximate surface area is 101 Å². The summed E-state index contributed by atoms with van der Waals surface area (Å²) >= 11 is 11.8. The van der Waals surface area contributed by atoms with Gasteiger partial charge in [-0.1, -0.05) is 29.3 Å². The van der Waals surface area contributed by atoms with Crippen LogP contribution in [0.25, 0.3) is 0 Å². The summed E-state index contributed by atoms with van der Waals surface area (Å²) in [5, 5.41) is 4.64. The minimum absolute atomic E-state index is 0.663. The second kappa shape index (κ2) is 6.74. The van der Waals surface area contributed by atoms with Crippen LogP contribution in [0.3, 0.4) is 0 Å². The molecule has 15 heavy (non-hydrogen) atoms. The van der Waals surface area contributed by atoms with Crippen LogP contribution in [0.2, 0.25) is 10.0 Å². The summed E-state index contributed by atoms with van der Waals surface area (Å²) in [4.78, 5) is 0. The highest BCUT2D eigenvalue weighted by Crippen LogP contribution is 2.20. The average Bonchev–Trinajstić information content (AvgIpc) is 2.20. The first-order valence-corrected chi connectivity index (χ1v) is 5.57. The highest BCUT2D eigenvalue weighted by Gasteiger charge is 1.99. The van der Waals surface area contributed by atoms with Crippen molar-refractivity contribution >= 4 is 23.2 Å². The average molecular weight is 242 g/mol. The van der Waals surface area contributed by atoms with Crippen molar-refractivity contribution < 1.29 is 0 Å². The van der Waals surface area contributed by atoms with Crippen molar-refractivity contribution in [3.05, 3.63) is 33.8 Å². The van der Waals surface area contributed by atoms with E-state index in [0.717, 1.165) is 31.5 Å². The molecule has 0 saturated heterocycles. The van der Waals surface area contributed by atoms with Gasteiger partial charge in [0.15, 0.2) is 0 Å². The van der Waals surface area contributed by atoms with Crippen molar-refractivity contribution in [2.75, 3.05) is 6.54 Å². The molecule has 1 aromatic carbocycles. The molecule has 80 valence electrons. The fourth-order valence-corrected chi connectivity index (χ4v) is 1.68. The molecule has 0 amide bonds. The Morgan fingerprint density at radius 3 is 2.80 bits per heavy atom. The Morgan fingerprint density at radius 1 is 1.33 bits per heavy atom. The lowest BCUT2D eigenvalue weighted by Crippen LogP contribution is -2.14. The van der Waals surface area contributed by atoms with Gasteiger partial charge in [0.1, 0.15) is 0 Å². The molecular weight excluding hydrogens is 229 g/mol. The van der Waals surface area contributed by atoms with E-state index in [1.807, 2.05) is 12.1 Å². The van der Waals surface area contributed by atoms with Crippen LogP contribution in [0, 0.1) is 12.3 Å². The van der Waals surface area contributed by atoms with E-state index in [9.17, 15) is 0 Å². The number of rotatable bonds is 5. The highest BCUT2D eigenvalue weighted by atomic mass is 35.5. The summed E-state index contributed by atoms with van der Waals surface area (Å²) in [7, 11) is 0. The monoisotopic (exact) mass is 241 g/mol. The molecule has 0 atom stereocenters. The molecule has 1 aromatic rings. The Morgan fingerprint density at radius 2 is 2.13 bits per heavy atom. The lowest BCUT2D eigenvalue weighted by atomic mass is 10.2. The first-order valence-electron chi connectivity index (χ1n) is 4.82. The predicted molar refractivity (Wildman–Crippen MR) is 66.2 cm³/mol. The standard InChI is InChI=1S/C12H13Cl2N/c1-2-3-4-7-15-9-10-5-6-11(13)8-12(10)14/h1,5-6,8,15H,3-4,7,9H2. The topological polar surface area (TPSA) is 12.0 Å². The van der Waals surface area contributed by atoms with Gasteiger partial charge < -0.3 is 5.32 Å². The maximum absolute atomic E-state index is 6.01. The molecule has 0 bridgehead atoms. The molecular formula is C12H13Cl2N. The molecule has 1 nitrogen and oxygen atoms in total. The predicted octanol–water partition coefficient (Wildman–Crippen LogP) is 3.50. The van der Waals surface area contributed by atoms with Crippen molar-refractivity contribution in [1.82, 2.24) is 5.32 Å².